The number of hydrogen-bond acceptors (Lipinski definition) is 1. The molecule has 2 aliphatic rings. The van der Waals surface area contributed by atoms with E-state index in [2.05, 4.69) is 289 Å². The lowest BCUT2D eigenvalue weighted by Crippen LogP contribution is -2.74. The zero-order chi connectivity index (χ0) is 46.2. The molecule has 1 aliphatic carbocycles. The summed E-state index contributed by atoms with van der Waals surface area (Å²) in [6.45, 7) is 0. The van der Waals surface area contributed by atoms with Crippen molar-refractivity contribution in [3.63, 3.8) is 0 Å². The Morgan fingerprint density at radius 3 is 1.54 bits per heavy atom. The number of nitrogens with zero attached hydrogens (tertiary/aromatic N) is 2. The van der Waals surface area contributed by atoms with Gasteiger partial charge in [0.15, 0.2) is 8.07 Å². The summed E-state index contributed by atoms with van der Waals surface area (Å²) in [7, 11) is -2.66. The van der Waals surface area contributed by atoms with Gasteiger partial charge in [-0.1, -0.05) is 231 Å². The van der Waals surface area contributed by atoms with Crippen LogP contribution in [0.2, 0.25) is 0 Å². The van der Waals surface area contributed by atoms with Crippen molar-refractivity contribution in [1.29, 1.82) is 0 Å². The zero-order valence-corrected chi connectivity index (χ0v) is 39.5. The smallest absolute Gasteiger partial charge is 0.179 e. The quantitative estimate of drug-likeness (QED) is 0.109. The van der Waals surface area contributed by atoms with Crippen molar-refractivity contribution in [3.05, 3.63) is 301 Å². The van der Waals surface area contributed by atoms with Crippen LogP contribution >= 0.6 is 0 Å². The van der Waals surface area contributed by atoms with E-state index in [1.165, 1.54) is 92.7 Å². The van der Waals surface area contributed by atoms with Gasteiger partial charge in [-0.15, -0.1) is 0 Å². The van der Waals surface area contributed by atoms with Crippen LogP contribution in [0.3, 0.4) is 0 Å². The van der Waals surface area contributed by atoms with Crippen molar-refractivity contribution in [1.82, 2.24) is 4.57 Å². The fraction of sp³-hybridized carbons (Fsp3) is 0.0149. The van der Waals surface area contributed by atoms with Crippen LogP contribution < -0.4 is 25.6 Å². The van der Waals surface area contributed by atoms with E-state index in [1.54, 1.807) is 0 Å². The second-order valence-electron chi connectivity index (χ2n) is 18.7. The zero-order valence-electron chi connectivity index (χ0n) is 38.5. The number of benzene rings is 11. The maximum Gasteiger partial charge on any atom is 0.179 e. The monoisotopic (exact) mass is 906 g/mol. The summed E-state index contributed by atoms with van der Waals surface area (Å²) in [6.07, 6.45) is 0. The summed E-state index contributed by atoms with van der Waals surface area (Å²) < 4.78 is 2.52. The van der Waals surface area contributed by atoms with E-state index in [0.717, 1.165) is 17.1 Å². The molecule has 1 spiro atoms. The average Bonchev–Trinajstić information content (AvgIpc) is 3.94. The van der Waals surface area contributed by atoms with Crippen LogP contribution in [0.25, 0.3) is 49.7 Å². The molecule has 1 aromatic heterocycles. The lowest BCUT2D eigenvalue weighted by molar-refractivity contribution is 0.748. The summed E-state index contributed by atoms with van der Waals surface area (Å²) in [5, 5.41) is 8.05. The molecule has 14 rings (SSSR count). The van der Waals surface area contributed by atoms with Gasteiger partial charge in [0, 0.05) is 27.8 Å². The minimum absolute atomic E-state index is 0.503. The Labute approximate surface area is 409 Å². The van der Waals surface area contributed by atoms with Gasteiger partial charge >= 0.3 is 0 Å². The van der Waals surface area contributed by atoms with Crippen LogP contribution in [0.4, 0.5) is 17.1 Å². The highest BCUT2D eigenvalue weighted by Gasteiger charge is 2.51. The Kier molecular flexibility index (Phi) is 9.17. The number of fused-ring (bicyclic) bond motifs is 12. The van der Waals surface area contributed by atoms with Crippen LogP contribution in [0, 0.1) is 0 Å². The fourth-order valence-electron chi connectivity index (χ4n) is 12.5. The minimum Gasteiger partial charge on any atom is -0.310 e. The van der Waals surface area contributed by atoms with Crippen molar-refractivity contribution in [3.8, 4) is 27.9 Å². The molecule has 0 bridgehead atoms. The first kappa shape index (κ1) is 40.3. The number of hydrogen-bond donors (Lipinski definition) is 0. The van der Waals surface area contributed by atoms with Gasteiger partial charge in [-0.3, -0.25) is 0 Å². The van der Waals surface area contributed by atoms with E-state index in [9.17, 15) is 0 Å². The van der Waals surface area contributed by atoms with Crippen molar-refractivity contribution in [2.45, 2.75) is 5.41 Å². The molecule has 0 saturated carbocycles. The SMILES string of the molecule is c1ccc(N(c2cccc(-c3ccc([Si](c4ccccc4)(c4ccccc4)c4ccccc4)cc3)c2)c2ccc3c(c2)-c2ccccc2C32c3ccccc3-n3c4ccccc4c4cccc2c43)cc1. The number of para-hydroxylation sites is 4. The molecule has 0 fully saturated rings. The van der Waals surface area contributed by atoms with Crippen molar-refractivity contribution in [2.75, 3.05) is 4.90 Å². The second-order valence-corrected chi connectivity index (χ2v) is 22.6. The number of aromatic nitrogens is 1. The Balaban J connectivity index is 0.920. The summed E-state index contributed by atoms with van der Waals surface area (Å²) in [5.41, 5.74) is 16.8. The van der Waals surface area contributed by atoms with Crippen LogP contribution in [0.15, 0.2) is 279 Å². The highest BCUT2D eigenvalue weighted by Crippen LogP contribution is 2.61. The molecule has 2 heterocycles. The van der Waals surface area contributed by atoms with Gasteiger partial charge in [0.2, 0.25) is 0 Å². The Morgan fingerprint density at radius 1 is 0.314 bits per heavy atom. The van der Waals surface area contributed by atoms with Crippen molar-refractivity contribution in [2.24, 2.45) is 0 Å². The molecule has 70 heavy (non-hydrogen) atoms. The van der Waals surface area contributed by atoms with E-state index in [0.29, 0.717) is 0 Å². The molecule has 1 aliphatic heterocycles. The number of rotatable bonds is 8. The summed E-state index contributed by atoms with van der Waals surface area (Å²) >= 11 is 0. The predicted molar refractivity (Wildman–Crippen MR) is 295 cm³/mol. The van der Waals surface area contributed by atoms with E-state index < -0.39 is 13.5 Å². The number of anilines is 3. The molecular formula is C67H46N2Si. The third-order valence-corrected chi connectivity index (χ3v) is 20.1. The molecule has 0 radical (unpaired) electrons. The lowest BCUT2D eigenvalue weighted by Gasteiger charge is -2.39. The molecule has 0 N–H and O–H groups in total. The van der Waals surface area contributed by atoms with Crippen molar-refractivity contribution >= 4 is 67.7 Å². The first-order valence-corrected chi connectivity index (χ1v) is 26.3. The minimum atomic E-state index is -2.66. The van der Waals surface area contributed by atoms with Gasteiger partial charge in [-0.25, -0.2) is 0 Å². The van der Waals surface area contributed by atoms with Crippen LogP contribution in [-0.2, 0) is 5.41 Å². The first-order valence-electron chi connectivity index (χ1n) is 24.3. The van der Waals surface area contributed by atoms with Gasteiger partial charge in [0.1, 0.15) is 0 Å². The van der Waals surface area contributed by atoms with Gasteiger partial charge in [-0.2, -0.15) is 0 Å². The molecule has 2 nitrogen and oxygen atoms in total. The predicted octanol–water partition coefficient (Wildman–Crippen LogP) is 14.0. The molecule has 1 unspecified atom stereocenters. The lowest BCUT2D eigenvalue weighted by atomic mass is 9.65. The maximum absolute atomic E-state index is 2.66. The highest BCUT2D eigenvalue weighted by atomic mass is 28.3. The topological polar surface area (TPSA) is 8.17 Å². The molecule has 1 atom stereocenters. The average molecular weight is 907 g/mol. The Bertz CT molecular complexity index is 3840. The third kappa shape index (κ3) is 5.73. The van der Waals surface area contributed by atoms with E-state index in [4.69, 9.17) is 0 Å². The maximum atomic E-state index is 2.52. The second kappa shape index (κ2) is 15.9. The van der Waals surface area contributed by atoms with Crippen molar-refractivity contribution < 1.29 is 0 Å². The Morgan fingerprint density at radius 2 is 0.829 bits per heavy atom. The molecule has 328 valence electrons. The molecule has 3 heteroatoms. The van der Waals surface area contributed by atoms with Gasteiger partial charge < -0.3 is 9.47 Å². The molecular weight excluding hydrogens is 861 g/mol. The summed E-state index contributed by atoms with van der Waals surface area (Å²) in [4.78, 5) is 2.43. The van der Waals surface area contributed by atoms with Crippen LogP contribution in [-0.4, -0.2) is 12.6 Å². The standard InChI is InChI=1S/C67H46N2Si/c1-5-22-49(23-6-1)68(50-24-19-21-48(45-50)47-39-42-55(43-40-47)70(52-25-7-2-8-26-52,53-27-9-3-10-28-53)54-29-11-4-12-30-54)51-41-44-61-59(46-51)56-31-13-15-34-60(56)67(61)62-35-16-18-38-65(62)69-64-37-17-14-32-57(64)58-33-20-36-63(67)66(58)69/h1-46H. The summed E-state index contributed by atoms with van der Waals surface area (Å²) in [5.74, 6) is 0. The van der Waals surface area contributed by atoms with E-state index in [1.807, 2.05) is 0 Å². The third-order valence-electron chi connectivity index (χ3n) is 15.3. The first-order chi connectivity index (χ1) is 34.7. The van der Waals surface area contributed by atoms with Gasteiger partial charge in [0.25, 0.3) is 0 Å². The van der Waals surface area contributed by atoms with Gasteiger partial charge in [0.05, 0.1) is 22.1 Å². The summed E-state index contributed by atoms with van der Waals surface area (Å²) in [6, 6.07) is 104. The molecule has 12 aromatic rings. The normalized spacial score (nSPS) is 14.3. The Hall–Kier alpha value is -8.76. The van der Waals surface area contributed by atoms with Crippen LogP contribution in [0.5, 0.6) is 0 Å². The van der Waals surface area contributed by atoms with E-state index >= 15 is 0 Å². The molecule has 11 aromatic carbocycles. The van der Waals surface area contributed by atoms with E-state index in [-0.39, 0.29) is 0 Å². The van der Waals surface area contributed by atoms with Crippen LogP contribution in [0.1, 0.15) is 22.3 Å². The molecule has 0 saturated heterocycles. The fourth-order valence-corrected chi connectivity index (χ4v) is 17.3. The highest BCUT2D eigenvalue weighted by molar-refractivity contribution is 7.19. The van der Waals surface area contributed by atoms with Gasteiger partial charge in [-0.05, 0) is 114 Å². The largest absolute Gasteiger partial charge is 0.310 e. The molecule has 0 amide bonds.